The lowest BCUT2D eigenvalue weighted by atomic mass is 9.76. The summed E-state index contributed by atoms with van der Waals surface area (Å²) >= 11 is 0. The summed E-state index contributed by atoms with van der Waals surface area (Å²) in [4.78, 5) is 10.5. The van der Waals surface area contributed by atoms with Crippen molar-refractivity contribution in [3.8, 4) is 0 Å². The van der Waals surface area contributed by atoms with Gasteiger partial charge in [-0.05, 0) is 31.1 Å². The van der Waals surface area contributed by atoms with Crippen LogP contribution < -0.4 is 5.73 Å². The third-order valence-electron chi connectivity index (χ3n) is 2.75. The van der Waals surface area contributed by atoms with Crippen LogP contribution in [0.1, 0.15) is 39.5 Å². The molecule has 1 fully saturated rings. The number of hydrogen-bond acceptors (Lipinski definition) is 2. The highest BCUT2D eigenvalue weighted by molar-refractivity contribution is 5.74. The van der Waals surface area contributed by atoms with E-state index in [2.05, 4.69) is 13.8 Å². The molecule has 0 saturated heterocycles. The van der Waals surface area contributed by atoms with E-state index in [0.29, 0.717) is 5.41 Å². The maximum Gasteiger partial charge on any atom is 0.243 e. The molecule has 0 atom stereocenters. The topological polar surface area (TPSA) is 52.3 Å². The van der Waals surface area contributed by atoms with E-state index in [1.807, 2.05) is 0 Å². The van der Waals surface area contributed by atoms with Gasteiger partial charge < -0.3 is 10.5 Å². The van der Waals surface area contributed by atoms with Gasteiger partial charge in [-0.1, -0.05) is 13.8 Å². The Hall–Kier alpha value is -0.570. The number of ether oxygens (including phenoxy) is 1. The first-order valence-corrected chi connectivity index (χ1v) is 4.89. The number of nitrogens with two attached hydrogens (primary N) is 1. The van der Waals surface area contributed by atoms with Crippen LogP contribution >= 0.6 is 0 Å². The second-order valence-electron chi connectivity index (χ2n) is 4.64. The zero-order valence-electron chi connectivity index (χ0n) is 8.51. The van der Waals surface area contributed by atoms with Gasteiger partial charge in [-0.3, -0.25) is 4.79 Å². The van der Waals surface area contributed by atoms with Gasteiger partial charge in [-0.15, -0.1) is 0 Å². The predicted octanol–water partition coefficient (Wildman–Crippen LogP) is 1.46. The molecule has 0 heterocycles. The molecule has 0 spiro atoms. The second-order valence-corrected chi connectivity index (χ2v) is 4.64. The van der Waals surface area contributed by atoms with Crippen molar-refractivity contribution in [1.82, 2.24) is 0 Å². The summed E-state index contributed by atoms with van der Waals surface area (Å²) in [6.07, 6.45) is 4.72. The molecule has 0 aromatic heterocycles. The van der Waals surface area contributed by atoms with Gasteiger partial charge in [0.15, 0.2) is 0 Å². The monoisotopic (exact) mass is 185 g/mol. The maximum absolute atomic E-state index is 10.5. The fraction of sp³-hybridized carbons (Fsp3) is 0.900. The SMILES string of the molecule is CC1(C)CCC(OCC(N)=O)CC1. The van der Waals surface area contributed by atoms with E-state index in [4.69, 9.17) is 10.5 Å². The lowest BCUT2D eigenvalue weighted by molar-refractivity contribution is -0.125. The molecule has 0 aromatic carbocycles. The summed E-state index contributed by atoms with van der Waals surface area (Å²) in [5, 5.41) is 0. The summed E-state index contributed by atoms with van der Waals surface area (Å²) in [5.74, 6) is -0.371. The Bertz CT molecular complexity index is 179. The highest BCUT2D eigenvalue weighted by Gasteiger charge is 2.27. The normalized spacial score (nSPS) is 22.9. The Morgan fingerprint density at radius 1 is 1.46 bits per heavy atom. The van der Waals surface area contributed by atoms with E-state index in [1.54, 1.807) is 0 Å². The summed E-state index contributed by atoms with van der Waals surface area (Å²) in [7, 11) is 0. The summed E-state index contributed by atoms with van der Waals surface area (Å²) in [6, 6.07) is 0. The van der Waals surface area contributed by atoms with E-state index < -0.39 is 0 Å². The molecule has 0 bridgehead atoms. The Kier molecular flexibility index (Phi) is 3.31. The summed E-state index contributed by atoms with van der Waals surface area (Å²) in [5.41, 5.74) is 5.45. The first kappa shape index (κ1) is 10.5. The number of hydrogen-bond donors (Lipinski definition) is 1. The Morgan fingerprint density at radius 2 is 2.00 bits per heavy atom. The molecule has 0 radical (unpaired) electrons. The number of rotatable bonds is 3. The zero-order valence-corrected chi connectivity index (χ0v) is 8.51. The van der Waals surface area contributed by atoms with Gasteiger partial charge in [0.1, 0.15) is 6.61 Å². The number of primary amides is 1. The molecule has 3 nitrogen and oxygen atoms in total. The fourth-order valence-electron chi connectivity index (χ4n) is 1.74. The van der Waals surface area contributed by atoms with Crippen molar-refractivity contribution in [2.45, 2.75) is 45.6 Å². The van der Waals surface area contributed by atoms with E-state index in [-0.39, 0.29) is 18.6 Å². The lowest BCUT2D eigenvalue weighted by Crippen LogP contribution is -2.29. The minimum atomic E-state index is -0.371. The minimum absolute atomic E-state index is 0.0745. The van der Waals surface area contributed by atoms with Gasteiger partial charge in [0.05, 0.1) is 6.10 Å². The van der Waals surface area contributed by atoms with E-state index in [9.17, 15) is 4.79 Å². The molecule has 1 aliphatic carbocycles. The largest absolute Gasteiger partial charge is 0.368 e. The molecule has 2 N–H and O–H groups in total. The molecule has 0 aliphatic heterocycles. The van der Waals surface area contributed by atoms with Crippen LogP contribution in [-0.4, -0.2) is 18.6 Å². The van der Waals surface area contributed by atoms with Crippen molar-refractivity contribution in [2.24, 2.45) is 11.1 Å². The quantitative estimate of drug-likeness (QED) is 0.723. The Labute approximate surface area is 79.6 Å². The molecular weight excluding hydrogens is 166 g/mol. The molecule has 76 valence electrons. The Balaban J connectivity index is 2.21. The molecule has 1 saturated carbocycles. The van der Waals surface area contributed by atoms with Gasteiger partial charge in [0.25, 0.3) is 0 Å². The highest BCUT2D eigenvalue weighted by atomic mass is 16.5. The van der Waals surface area contributed by atoms with Crippen LogP contribution in [0.2, 0.25) is 0 Å². The van der Waals surface area contributed by atoms with Crippen LogP contribution in [-0.2, 0) is 9.53 Å². The van der Waals surface area contributed by atoms with Crippen LogP contribution in [0.5, 0.6) is 0 Å². The molecule has 0 unspecified atom stereocenters. The van der Waals surface area contributed by atoms with Crippen molar-refractivity contribution in [3.63, 3.8) is 0 Å². The van der Waals surface area contributed by atoms with Crippen LogP contribution in [0.25, 0.3) is 0 Å². The molecular formula is C10H19NO2. The van der Waals surface area contributed by atoms with Crippen molar-refractivity contribution < 1.29 is 9.53 Å². The van der Waals surface area contributed by atoms with Crippen molar-refractivity contribution in [2.75, 3.05) is 6.61 Å². The van der Waals surface area contributed by atoms with Crippen molar-refractivity contribution in [1.29, 1.82) is 0 Å². The van der Waals surface area contributed by atoms with E-state index >= 15 is 0 Å². The third kappa shape index (κ3) is 3.77. The average molecular weight is 185 g/mol. The minimum Gasteiger partial charge on any atom is -0.368 e. The molecule has 1 aliphatic rings. The lowest BCUT2D eigenvalue weighted by Gasteiger charge is -2.33. The molecule has 3 heteroatoms. The van der Waals surface area contributed by atoms with Gasteiger partial charge in [-0.25, -0.2) is 0 Å². The maximum atomic E-state index is 10.5. The van der Waals surface area contributed by atoms with Crippen LogP contribution in [0.15, 0.2) is 0 Å². The standard InChI is InChI=1S/C10H19NO2/c1-10(2)5-3-8(4-6-10)13-7-9(11)12/h8H,3-7H2,1-2H3,(H2,11,12). The van der Waals surface area contributed by atoms with Crippen molar-refractivity contribution >= 4 is 5.91 Å². The summed E-state index contributed by atoms with van der Waals surface area (Å²) in [6.45, 7) is 4.62. The van der Waals surface area contributed by atoms with E-state index in [0.717, 1.165) is 12.8 Å². The average Bonchev–Trinajstić information content (AvgIpc) is 2.02. The van der Waals surface area contributed by atoms with Crippen molar-refractivity contribution in [3.05, 3.63) is 0 Å². The first-order valence-electron chi connectivity index (χ1n) is 4.89. The van der Waals surface area contributed by atoms with Crippen LogP contribution in [0, 0.1) is 5.41 Å². The molecule has 0 aromatic rings. The third-order valence-corrected chi connectivity index (χ3v) is 2.75. The molecule has 13 heavy (non-hydrogen) atoms. The van der Waals surface area contributed by atoms with E-state index in [1.165, 1.54) is 12.8 Å². The second kappa shape index (κ2) is 4.09. The number of carbonyl (C=O) groups is 1. The molecule has 1 amide bonds. The first-order chi connectivity index (χ1) is 5.99. The summed E-state index contributed by atoms with van der Waals surface area (Å²) < 4.78 is 5.36. The van der Waals surface area contributed by atoms with Gasteiger partial charge in [-0.2, -0.15) is 0 Å². The van der Waals surface area contributed by atoms with Crippen LogP contribution in [0.3, 0.4) is 0 Å². The number of carbonyl (C=O) groups excluding carboxylic acids is 1. The zero-order chi connectivity index (χ0) is 9.90. The van der Waals surface area contributed by atoms with Gasteiger partial charge in [0, 0.05) is 0 Å². The smallest absolute Gasteiger partial charge is 0.243 e. The Morgan fingerprint density at radius 3 is 2.46 bits per heavy atom. The number of amides is 1. The molecule has 1 rings (SSSR count). The van der Waals surface area contributed by atoms with Gasteiger partial charge in [0.2, 0.25) is 5.91 Å². The van der Waals surface area contributed by atoms with Gasteiger partial charge >= 0.3 is 0 Å². The van der Waals surface area contributed by atoms with Crippen LogP contribution in [0.4, 0.5) is 0 Å². The highest BCUT2D eigenvalue weighted by Crippen LogP contribution is 2.35. The fourth-order valence-corrected chi connectivity index (χ4v) is 1.74. The predicted molar refractivity (Wildman–Crippen MR) is 51.2 cm³/mol.